The van der Waals surface area contributed by atoms with E-state index in [-0.39, 0.29) is 18.7 Å². The van der Waals surface area contributed by atoms with Gasteiger partial charge in [-0.15, -0.1) is 13.2 Å². The number of hydrogen-bond acceptors (Lipinski definition) is 4. The number of amides is 3. The number of anilines is 1. The van der Waals surface area contributed by atoms with E-state index in [2.05, 4.69) is 36.6 Å². The normalized spacial score (nSPS) is 11.8. The summed E-state index contributed by atoms with van der Waals surface area (Å²) in [6.07, 6.45) is -5.02. The zero-order valence-electron chi connectivity index (χ0n) is 19.0. The van der Waals surface area contributed by atoms with Gasteiger partial charge in [0.1, 0.15) is 5.75 Å². The monoisotopic (exact) mass is 579 g/mol. The van der Waals surface area contributed by atoms with Gasteiger partial charge in [-0.3, -0.25) is 9.59 Å². The largest absolute Gasteiger partial charge is 0.573 e. The minimum Gasteiger partial charge on any atom is -0.481 e. The maximum absolute atomic E-state index is 12.7. The van der Waals surface area contributed by atoms with Gasteiger partial charge < -0.3 is 25.8 Å². The maximum Gasteiger partial charge on any atom is 0.573 e. The van der Waals surface area contributed by atoms with Crippen molar-refractivity contribution in [2.45, 2.75) is 18.8 Å². The highest BCUT2D eigenvalue weighted by molar-refractivity contribution is 9.10. The van der Waals surface area contributed by atoms with Crippen molar-refractivity contribution in [3.8, 4) is 5.75 Å². The molecule has 12 heteroatoms. The second kappa shape index (κ2) is 12.3. The zero-order chi connectivity index (χ0) is 27.0. The lowest BCUT2D eigenvalue weighted by molar-refractivity contribution is -0.274. The van der Waals surface area contributed by atoms with Gasteiger partial charge in [-0.1, -0.05) is 40.2 Å². The lowest BCUT2D eigenvalue weighted by atomic mass is 9.97. The molecule has 1 unspecified atom stereocenters. The van der Waals surface area contributed by atoms with Crippen molar-refractivity contribution in [3.05, 3.63) is 94.0 Å². The molecule has 0 fully saturated rings. The van der Waals surface area contributed by atoms with Gasteiger partial charge in [0, 0.05) is 22.3 Å². The Morgan fingerprint density at radius 1 is 0.892 bits per heavy atom. The Hall–Kier alpha value is -4.06. The summed E-state index contributed by atoms with van der Waals surface area (Å²) in [6.45, 7) is -0.0114. The summed E-state index contributed by atoms with van der Waals surface area (Å²) >= 11 is 3.36. The number of carbonyl (C=O) groups is 3. The van der Waals surface area contributed by atoms with Crippen LogP contribution in [0.1, 0.15) is 33.9 Å². The molecule has 3 rings (SSSR count). The fourth-order valence-corrected chi connectivity index (χ4v) is 3.53. The molecule has 3 aromatic rings. The Bertz CT molecular complexity index is 1230. The van der Waals surface area contributed by atoms with Gasteiger partial charge in [0.15, 0.2) is 0 Å². The molecule has 0 aliphatic carbocycles. The van der Waals surface area contributed by atoms with Crippen molar-refractivity contribution in [1.82, 2.24) is 10.6 Å². The zero-order valence-corrected chi connectivity index (χ0v) is 20.6. The highest BCUT2D eigenvalue weighted by atomic mass is 79.9. The molecule has 0 aromatic heterocycles. The van der Waals surface area contributed by atoms with Gasteiger partial charge in [0.2, 0.25) is 0 Å². The Balaban J connectivity index is 1.73. The first-order valence-corrected chi connectivity index (χ1v) is 11.6. The fraction of sp³-hybridized carbons (Fsp3) is 0.160. The van der Waals surface area contributed by atoms with Gasteiger partial charge in [-0.05, 0) is 59.7 Å². The van der Waals surface area contributed by atoms with Gasteiger partial charge in [0.05, 0.1) is 12.5 Å². The van der Waals surface area contributed by atoms with E-state index in [4.69, 9.17) is 5.11 Å². The second-order valence-electron chi connectivity index (χ2n) is 7.68. The predicted octanol–water partition coefficient (Wildman–Crippen LogP) is 5.46. The van der Waals surface area contributed by atoms with Gasteiger partial charge >= 0.3 is 18.4 Å². The van der Waals surface area contributed by atoms with Crippen molar-refractivity contribution in [1.29, 1.82) is 0 Å². The lowest BCUT2D eigenvalue weighted by Gasteiger charge is -2.21. The van der Waals surface area contributed by atoms with Crippen molar-refractivity contribution in [2.75, 3.05) is 11.9 Å². The maximum atomic E-state index is 12.7. The van der Waals surface area contributed by atoms with Crippen LogP contribution in [0.15, 0.2) is 77.3 Å². The Morgan fingerprint density at radius 3 is 2.00 bits per heavy atom. The first kappa shape index (κ1) is 27.5. The van der Waals surface area contributed by atoms with Crippen molar-refractivity contribution < 1.29 is 37.4 Å². The summed E-state index contributed by atoms with van der Waals surface area (Å²) in [4.78, 5) is 35.6. The first-order valence-electron chi connectivity index (χ1n) is 10.8. The summed E-state index contributed by atoms with van der Waals surface area (Å²) in [6, 6.07) is 17.0. The smallest absolute Gasteiger partial charge is 0.481 e. The number of benzene rings is 3. The van der Waals surface area contributed by atoms with E-state index in [9.17, 15) is 27.6 Å². The van der Waals surface area contributed by atoms with Crippen LogP contribution in [0.3, 0.4) is 0 Å². The third kappa shape index (κ3) is 8.83. The van der Waals surface area contributed by atoms with Crippen LogP contribution in [0.5, 0.6) is 5.75 Å². The van der Waals surface area contributed by atoms with E-state index in [1.807, 2.05) is 0 Å². The summed E-state index contributed by atoms with van der Waals surface area (Å²) in [5.74, 6) is -1.88. The number of alkyl halides is 3. The topological polar surface area (TPSA) is 117 Å². The molecule has 0 bridgehead atoms. The average molecular weight is 580 g/mol. The molecule has 0 spiro atoms. The van der Waals surface area contributed by atoms with E-state index in [1.54, 1.807) is 48.5 Å². The molecule has 8 nitrogen and oxygen atoms in total. The van der Waals surface area contributed by atoms with Crippen molar-refractivity contribution >= 4 is 39.5 Å². The molecule has 0 radical (unpaired) electrons. The molecular weight excluding hydrogens is 559 g/mol. The number of hydrogen-bond donors (Lipinski definition) is 4. The molecule has 0 heterocycles. The first-order chi connectivity index (χ1) is 17.5. The third-order valence-corrected chi connectivity index (χ3v) is 5.48. The van der Waals surface area contributed by atoms with Crippen LogP contribution in [-0.2, 0) is 4.79 Å². The Morgan fingerprint density at radius 2 is 1.46 bits per heavy atom. The van der Waals surface area contributed by atoms with E-state index in [0.717, 1.165) is 22.2 Å². The predicted molar refractivity (Wildman–Crippen MR) is 132 cm³/mol. The fourth-order valence-electron chi connectivity index (χ4n) is 3.26. The molecule has 0 saturated carbocycles. The summed E-state index contributed by atoms with van der Waals surface area (Å²) < 4.78 is 41.7. The number of rotatable bonds is 9. The van der Waals surface area contributed by atoms with Crippen LogP contribution in [0, 0.1) is 0 Å². The van der Waals surface area contributed by atoms with Crippen LogP contribution >= 0.6 is 15.9 Å². The summed E-state index contributed by atoms with van der Waals surface area (Å²) in [5, 5.41) is 16.6. The van der Waals surface area contributed by atoms with Crippen LogP contribution in [0.2, 0.25) is 0 Å². The van der Waals surface area contributed by atoms with Crippen molar-refractivity contribution in [3.63, 3.8) is 0 Å². The molecule has 0 aliphatic rings. The molecule has 3 amide bonds. The van der Waals surface area contributed by atoms with Crippen LogP contribution in [-0.4, -0.2) is 35.9 Å². The molecule has 37 heavy (non-hydrogen) atoms. The molecule has 1 atom stereocenters. The molecule has 194 valence electrons. The Kier molecular flexibility index (Phi) is 9.12. The Labute approximate surface area is 218 Å². The molecule has 3 aromatic carbocycles. The summed E-state index contributed by atoms with van der Waals surface area (Å²) in [5.41, 5.74) is 1.93. The molecule has 4 N–H and O–H groups in total. The summed E-state index contributed by atoms with van der Waals surface area (Å²) in [7, 11) is 0. The number of carbonyl (C=O) groups excluding carboxylic acids is 2. The molecular formula is C25H21BrF3N3O5. The van der Waals surface area contributed by atoms with E-state index in [0.29, 0.717) is 11.1 Å². The van der Waals surface area contributed by atoms with E-state index >= 15 is 0 Å². The van der Waals surface area contributed by atoms with E-state index < -0.39 is 36.1 Å². The minimum atomic E-state index is -4.82. The highest BCUT2D eigenvalue weighted by Gasteiger charge is 2.31. The number of halogens is 4. The number of urea groups is 1. The number of carboxylic acid groups (broad SMARTS) is 1. The van der Waals surface area contributed by atoms with Crippen molar-refractivity contribution in [2.24, 2.45) is 0 Å². The molecule has 0 saturated heterocycles. The van der Waals surface area contributed by atoms with Crippen LogP contribution in [0.25, 0.3) is 0 Å². The minimum absolute atomic E-state index is 0.0114. The average Bonchev–Trinajstić information content (AvgIpc) is 2.83. The SMILES string of the molecule is O=C(O)CCNC(=O)c1ccc(C(NC(=O)Nc2ccc(OC(F)(F)F)cc2)c2ccc(Br)cc2)cc1. The standard InChI is InChI=1S/C25H21BrF3N3O5/c26-18-7-5-16(6-8-18)22(15-1-3-17(4-2-15)23(35)30-14-13-21(33)34)32-24(36)31-19-9-11-20(12-10-19)37-25(27,28)29/h1-12,22H,13-14H2,(H,30,35)(H,33,34)(H2,31,32,36). The number of aliphatic carboxylic acids is 1. The molecule has 0 aliphatic heterocycles. The van der Waals surface area contributed by atoms with Gasteiger partial charge in [-0.2, -0.15) is 0 Å². The third-order valence-electron chi connectivity index (χ3n) is 4.96. The highest BCUT2D eigenvalue weighted by Crippen LogP contribution is 2.26. The lowest BCUT2D eigenvalue weighted by Crippen LogP contribution is -2.33. The van der Waals surface area contributed by atoms with Crippen LogP contribution < -0.4 is 20.7 Å². The number of carboxylic acids is 1. The van der Waals surface area contributed by atoms with E-state index in [1.165, 1.54) is 12.1 Å². The van der Waals surface area contributed by atoms with Gasteiger partial charge in [-0.25, -0.2) is 4.79 Å². The van der Waals surface area contributed by atoms with Gasteiger partial charge in [0.25, 0.3) is 5.91 Å². The van der Waals surface area contributed by atoms with Crippen LogP contribution in [0.4, 0.5) is 23.7 Å². The quantitative estimate of drug-likeness (QED) is 0.268. The number of ether oxygens (including phenoxy) is 1. The number of nitrogens with one attached hydrogen (secondary N) is 3. The second-order valence-corrected chi connectivity index (χ2v) is 8.59.